The summed E-state index contributed by atoms with van der Waals surface area (Å²) >= 11 is 0. The Morgan fingerprint density at radius 3 is 2.33 bits per heavy atom. The number of rotatable bonds is 6. The Hall–Kier alpha value is -2.13. The Morgan fingerprint density at radius 2 is 1.90 bits per heavy atom. The van der Waals surface area contributed by atoms with E-state index < -0.39 is 45.8 Å². The molecule has 1 rings (SSSR count). The van der Waals surface area contributed by atoms with E-state index in [0.29, 0.717) is 0 Å². The lowest BCUT2D eigenvalue weighted by atomic mass is 10.2. The summed E-state index contributed by atoms with van der Waals surface area (Å²) in [7, 11) is -4.11. The standard InChI is InChI=1S/C12H16N2O6S/c1-7(2)14(6-11(13)16)21(19,20)8-3-4-10(15)9(5-8)12(17)18/h3-5,7,15H,6H2,1-2H3,(H2,13,16)(H,17,18). The fourth-order valence-corrected chi connectivity index (χ4v) is 3.31. The van der Waals surface area contributed by atoms with Gasteiger partial charge in [-0.25, -0.2) is 13.2 Å². The zero-order valence-electron chi connectivity index (χ0n) is 11.5. The third-order valence-electron chi connectivity index (χ3n) is 2.69. The first kappa shape index (κ1) is 16.9. The lowest BCUT2D eigenvalue weighted by Gasteiger charge is -2.24. The summed E-state index contributed by atoms with van der Waals surface area (Å²) in [6, 6.07) is 2.32. The maximum absolute atomic E-state index is 12.4. The number of nitrogens with two attached hydrogens (primary N) is 1. The van der Waals surface area contributed by atoms with Crippen molar-refractivity contribution < 1.29 is 28.2 Å². The summed E-state index contributed by atoms with van der Waals surface area (Å²) < 4.78 is 25.7. The fraction of sp³-hybridized carbons (Fsp3) is 0.333. The number of phenols is 1. The first-order valence-corrected chi connectivity index (χ1v) is 7.37. The van der Waals surface area contributed by atoms with Gasteiger partial charge in [0.15, 0.2) is 0 Å². The largest absolute Gasteiger partial charge is 0.507 e. The number of carbonyl (C=O) groups is 2. The van der Waals surface area contributed by atoms with E-state index in [0.717, 1.165) is 22.5 Å². The molecule has 9 heteroatoms. The molecule has 0 aliphatic rings. The van der Waals surface area contributed by atoms with Gasteiger partial charge in [-0.1, -0.05) is 0 Å². The van der Waals surface area contributed by atoms with Crippen LogP contribution in [0.25, 0.3) is 0 Å². The van der Waals surface area contributed by atoms with Gasteiger partial charge in [-0.2, -0.15) is 4.31 Å². The summed E-state index contributed by atoms with van der Waals surface area (Å²) in [4.78, 5) is 21.6. The molecular formula is C12H16N2O6S. The monoisotopic (exact) mass is 316 g/mol. The predicted molar refractivity (Wildman–Crippen MR) is 73.3 cm³/mol. The van der Waals surface area contributed by atoms with Crippen LogP contribution >= 0.6 is 0 Å². The number of hydrogen-bond acceptors (Lipinski definition) is 5. The van der Waals surface area contributed by atoms with Gasteiger partial charge in [0.05, 0.1) is 11.4 Å². The van der Waals surface area contributed by atoms with Crippen molar-refractivity contribution in [3.05, 3.63) is 23.8 Å². The minimum atomic E-state index is -4.11. The third kappa shape index (κ3) is 3.70. The van der Waals surface area contributed by atoms with E-state index in [1.807, 2.05) is 0 Å². The van der Waals surface area contributed by atoms with Crippen molar-refractivity contribution in [2.45, 2.75) is 24.8 Å². The molecule has 1 aromatic carbocycles. The molecule has 8 nitrogen and oxygen atoms in total. The average molecular weight is 316 g/mol. The maximum atomic E-state index is 12.4. The van der Waals surface area contributed by atoms with Crippen LogP contribution in [-0.4, -0.2) is 47.4 Å². The molecule has 21 heavy (non-hydrogen) atoms. The van der Waals surface area contributed by atoms with Gasteiger partial charge in [0.1, 0.15) is 11.3 Å². The number of aromatic carboxylic acids is 1. The first-order valence-electron chi connectivity index (χ1n) is 5.93. The number of nitrogens with zero attached hydrogens (tertiary/aromatic N) is 1. The van der Waals surface area contributed by atoms with Crippen LogP contribution in [0.5, 0.6) is 5.75 Å². The number of primary amides is 1. The topological polar surface area (TPSA) is 138 Å². The van der Waals surface area contributed by atoms with Gasteiger partial charge in [-0.05, 0) is 32.0 Å². The van der Waals surface area contributed by atoms with Crippen molar-refractivity contribution in [2.75, 3.05) is 6.54 Å². The maximum Gasteiger partial charge on any atom is 0.339 e. The number of carboxylic acids is 1. The molecule has 0 aliphatic heterocycles. The van der Waals surface area contributed by atoms with Crippen LogP contribution in [0.15, 0.2) is 23.1 Å². The highest BCUT2D eigenvalue weighted by Gasteiger charge is 2.29. The van der Waals surface area contributed by atoms with Gasteiger partial charge in [0.25, 0.3) is 0 Å². The lowest BCUT2D eigenvalue weighted by Crippen LogP contribution is -2.42. The minimum Gasteiger partial charge on any atom is -0.507 e. The third-order valence-corrected chi connectivity index (χ3v) is 4.71. The molecular weight excluding hydrogens is 300 g/mol. The van der Waals surface area contributed by atoms with E-state index in [2.05, 4.69) is 0 Å². The number of carboxylic acid groups (broad SMARTS) is 1. The summed E-state index contributed by atoms with van der Waals surface area (Å²) in [6.07, 6.45) is 0. The molecule has 0 saturated heterocycles. The minimum absolute atomic E-state index is 0.340. The van der Waals surface area contributed by atoms with E-state index in [-0.39, 0.29) is 4.90 Å². The Balaban J connectivity index is 3.38. The molecule has 0 heterocycles. The highest BCUT2D eigenvalue weighted by Crippen LogP contribution is 2.24. The van der Waals surface area contributed by atoms with E-state index in [1.54, 1.807) is 13.8 Å². The molecule has 0 saturated carbocycles. The van der Waals surface area contributed by atoms with Crippen LogP contribution in [0, 0.1) is 0 Å². The summed E-state index contributed by atoms with van der Waals surface area (Å²) in [5.41, 5.74) is 4.49. The highest BCUT2D eigenvalue weighted by atomic mass is 32.2. The van der Waals surface area contributed by atoms with Crippen molar-refractivity contribution in [1.82, 2.24) is 4.31 Å². The Labute approximate surface area is 121 Å². The van der Waals surface area contributed by atoms with E-state index in [9.17, 15) is 23.1 Å². The van der Waals surface area contributed by atoms with Crippen molar-refractivity contribution in [3.63, 3.8) is 0 Å². The van der Waals surface area contributed by atoms with Gasteiger partial charge >= 0.3 is 5.97 Å². The molecule has 0 atom stereocenters. The van der Waals surface area contributed by atoms with E-state index >= 15 is 0 Å². The van der Waals surface area contributed by atoms with Crippen molar-refractivity contribution in [2.24, 2.45) is 5.73 Å². The molecule has 4 N–H and O–H groups in total. The molecule has 0 fully saturated rings. The van der Waals surface area contributed by atoms with Crippen LogP contribution in [0.4, 0.5) is 0 Å². The Bertz CT molecular complexity index is 668. The molecule has 0 radical (unpaired) electrons. The van der Waals surface area contributed by atoms with Crippen LogP contribution in [0.1, 0.15) is 24.2 Å². The molecule has 116 valence electrons. The normalized spacial score (nSPS) is 11.8. The smallest absolute Gasteiger partial charge is 0.339 e. The molecule has 0 aromatic heterocycles. The van der Waals surface area contributed by atoms with Crippen molar-refractivity contribution >= 4 is 21.9 Å². The summed E-state index contributed by atoms with van der Waals surface area (Å²) in [5, 5.41) is 18.3. The number of amides is 1. The Morgan fingerprint density at radius 1 is 1.33 bits per heavy atom. The van der Waals surface area contributed by atoms with Gasteiger partial charge in [-0.15, -0.1) is 0 Å². The number of carbonyl (C=O) groups excluding carboxylic acids is 1. The molecule has 1 aromatic rings. The molecule has 1 amide bonds. The quantitative estimate of drug-likeness (QED) is 0.674. The highest BCUT2D eigenvalue weighted by molar-refractivity contribution is 7.89. The number of sulfonamides is 1. The molecule has 0 unspecified atom stereocenters. The van der Waals surface area contributed by atoms with Crippen LogP contribution in [-0.2, 0) is 14.8 Å². The first-order chi connectivity index (χ1) is 9.57. The second kappa shape index (κ2) is 6.10. The second-order valence-corrected chi connectivity index (χ2v) is 6.48. The Kier molecular flexibility index (Phi) is 4.92. The zero-order valence-corrected chi connectivity index (χ0v) is 12.3. The summed E-state index contributed by atoms with van der Waals surface area (Å²) in [6.45, 7) is 2.58. The van der Waals surface area contributed by atoms with Crippen molar-refractivity contribution in [1.29, 1.82) is 0 Å². The van der Waals surface area contributed by atoms with Crippen LogP contribution < -0.4 is 5.73 Å². The van der Waals surface area contributed by atoms with E-state index in [1.165, 1.54) is 0 Å². The number of benzene rings is 1. The zero-order chi connectivity index (χ0) is 16.4. The summed E-state index contributed by atoms with van der Waals surface area (Å²) in [5.74, 6) is -2.84. The van der Waals surface area contributed by atoms with Crippen LogP contribution in [0.3, 0.4) is 0 Å². The van der Waals surface area contributed by atoms with Gasteiger partial charge < -0.3 is 15.9 Å². The number of hydrogen-bond donors (Lipinski definition) is 3. The molecule has 0 aliphatic carbocycles. The fourth-order valence-electron chi connectivity index (χ4n) is 1.68. The van der Waals surface area contributed by atoms with Gasteiger partial charge in [0, 0.05) is 6.04 Å². The van der Waals surface area contributed by atoms with Crippen molar-refractivity contribution in [3.8, 4) is 5.75 Å². The molecule has 0 spiro atoms. The molecule has 0 bridgehead atoms. The SMILES string of the molecule is CC(C)N(CC(N)=O)S(=O)(=O)c1ccc(O)c(C(=O)O)c1. The van der Waals surface area contributed by atoms with Crippen LogP contribution in [0.2, 0.25) is 0 Å². The van der Waals surface area contributed by atoms with E-state index in [4.69, 9.17) is 10.8 Å². The predicted octanol–water partition coefficient (Wildman–Crippen LogP) is -0.0252. The van der Waals surface area contributed by atoms with Gasteiger partial charge in [0.2, 0.25) is 15.9 Å². The number of aromatic hydroxyl groups is 1. The average Bonchev–Trinajstić information content (AvgIpc) is 2.35. The van der Waals surface area contributed by atoms with Gasteiger partial charge in [-0.3, -0.25) is 4.79 Å². The lowest BCUT2D eigenvalue weighted by molar-refractivity contribution is -0.118. The second-order valence-electron chi connectivity index (χ2n) is 4.59.